The maximum atomic E-state index is 13.3. The summed E-state index contributed by atoms with van der Waals surface area (Å²) in [5.74, 6) is 1.94. The maximum absolute atomic E-state index is 13.3. The molecule has 0 unspecified atom stereocenters. The molecule has 3 heterocycles. The van der Waals surface area contributed by atoms with E-state index in [4.69, 9.17) is 0 Å². The van der Waals surface area contributed by atoms with Gasteiger partial charge in [-0.25, -0.2) is 14.4 Å². The summed E-state index contributed by atoms with van der Waals surface area (Å²) >= 11 is 0. The molecule has 27 heavy (non-hydrogen) atoms. The summed E-state index contributed by atoms with van der Waals surface area (Å²) in [6.07, 6.45) is 6.83. The number of amides is 1. The van der Waals surface area contributed by atoms with Crippen LogP contribution in [0.3, 0.4) is 0 Å². The summed E-state index contributed by atoms with van der Waals surface area (Å²) in [4.78, 5) is 26.7. The number of H-pyrrole nitrogens is 1. The molecule has 0 aliphatic carbocycles. The van der Waals surface area contributed by atoms with Gasteiger partial charge in [-0.2, -0.15) is 0 Å². The molecular formula is C20H24FN5O. The van der Waals surface area contributed by atoms with E-state index in [0.717, 1.165) is 49.6 Å². The highest BCUT2D eigenvalue weighted by molar-refractivity contribution is 5.77. The Kier molecular flexibility index (Phi) is 4.92. The zero-order chi connectivity index (χ0) is 18.8. The fourth-order valence-electron chi connectivity index (χ4n) is 3.90. The summed E-state index contributed by atoms with van der Waals surface area (Å²) in [6, 6.07) is 4.47. The Hall–Kier alpha value is -2.70. The molecule has 0 spiro atoms. The Morgan fingerprint density at radius 2 is 2.30 bits per heavy atom. The number of benzene rings is 1. The van der Waals surface area contributed by atoms with Crippen molar-refractivity contribution in [1.82, 2.24) is 24.4 Å². The van der Waals surface area contributed by atoms with Gasteiger partial charge in [-0.1, -0.05) is 0 Å². The molecule has 1 saturated heterocycles. The topological polar surface area (TPSA) is 66.8 Å². The minimum Gasteiger partial charge on any atom is -0.342 e. The number of nitrogens with one attached hydrogen (secondary N) is 1. The predicted molar refractivity (Wildman–Crippen MR) is 101 cm³/mol. The number of halogens is 1. The zero-order valence-electron chi connectivity index (χ0n) is 15.5. The molecular weight excluding hydrogens is 345 g/mol. The van der Waals surface area contributed by atoms with Gasteiger partial charge in [0.25, 0.3) is 0 Å². The first-order valence-corrected chi connectivity index (χ1v) is 9.57. The van der Waals surface area contributed by atoms with E-state index in [1.165, 1.54) is 12.1 Å². The fraction of sp³-hybridized carbons (Fsp3) is 0.450. The molecule has 1 fully saturated rings. The summed E-state index contributed by atoms with van der Waals surface area (Å²) in [6.45, 7) is 4.53. The number of imidazole rings is 2. The van der Waals surface area contributed by atoms with Gasteiger partial charge in [0, 0.05) is 50.8 Å². The van der Waals surface area contributed by atoms with Gasteiger partial charge in [0.1, 0.15) is 17.5 Å². The summed E-state index contributed by atoms with van der Waals surface area (Å²) in [7, 11) is 0. The van der Waals surface area contributed by atoms with Crippen molar-refractivity contribution in [3.05, 3.63) is 48.1 Å². The third kappa shape index (κ3) is 3.72. The van der Waals surface area contributed by atoms with Crippen LogP contribution >= 0.6 is 0 Å². The number of hydrogen-bond donors (Lipinski definition) is 1. The lowest BCUT2D eigenvalue weighted by molar-refractivity contribution is -0.132. The van der Waals surface area contributed by atoms with Crippen LogP contribution < -0.4 is 0 Å². The van der Waals surface area contributed by atoms with Crippen LogP contribution in [0.4, 0.5) is 4.39 Å². The van der Waals surface area contributed by atoms with Crippen molar-refractivity contribution < 1.29 is 9.18 Å². The van der Waals surface area contributed by atoms with Gasteiger partial charge in [0.15, 0.2) is 0 Å². The van der Waals surface area contributed by atoms with Crippen molar-refractivity contribution in [1.29, 1.82) is 0 Å². The van der Waals surface area contributed by atoms with Gasteiger partial charge in [0.2, 0.25) is 5.91 Å². The number of carbonyl (C=O) groups is 1. The van der Waals surface area contributed by atoms with Gasteiger partial charge < -0.3 is 14.5 Å². The van der Waals surface area contributed by atoms with E-state index in [-0.39, 0.29) is 11.7 Å². The van der Waals surface area contributed by atoms with Crippen molar-refractivity contribution in [2.45, 2.75) is 45.1 Å². The van der Waals surface area contributed by atoms with Gasteiger partial charge in [0.05, 0.1) is 11.0 Å². The third-order valence-corrected chi connectivity index (χ3v) is 5.30. The van der Waals surface area contributed by atoms with Crippen molar-refractivity contribution >= 4 is 16.9 Å². The number of aryl methyl sites for hydroxylation is 2. The molecule has 0 radical (unpaired) electrons. The number of aromatic amines is 1. The summed E-state index contributed by atoms with van der Waals surface area (Å²) in [5, 5.41) is 0. The number of carbonyl (C=O) groups excluding carboxylic acids is 1. The average Bonchev–Trinajstić information content (AvgIpc) is 3.32. The van der Waals surface area contributed by atoms with Crippen LogP contribution in [0.15, 0.2) is 30.6 Å². The zero-order valence-corrected chi connectivity index (χ0v) is 15.5. The van der Waals surface area contributed by atoms with Crippen molar-refractivity contribution in [3.8, 4) is 0 Å². The fourth-order valence-corrected chi connectivity index (χ4v) is 3.90. The van der Waals surface area contributed by atoms with Crippen LogP contribution in [-0.2, 0) is 17.8 Å². The molecule has 1 atom stereocenters. The Balaban J connectivity index is 1.38. The summed E-state index contributed by atoms with van der Waals surface area (Å²) in [5.41, 5.74) is 1.39. The van der Waals surface area contributed by atoms with E-state index in [9.17, 15) is 9.18 Å². The highest BCUT2D eigenvalue weighted by Gasteiger charge is 2.27. The monoisotopic (exact) mass is 369 g/mol. The van der Waals surface area contributed by atoms with Gasteiger partial charge in [-0.15, -0.1) is 0 Å². The van der Waals surface area contributed by atoms with Crippen LogP contribution in [0, 0.1) is 5.82 Å². The first kappa shape index (κ1) is 17.7. The van der Waals surface area contributed by atoms with Gasteiger partial charge in [-0.05, 0) is 38.0 Å². The second-order valence-corrected chi connectivity index (χ2v) is 7.10. The largest absolute Gasteiger partial charge is 0.342 e. The number of fused-ring (bicyclic) bond motifs is 1. The molecule has 1 amide bonds. The Morgan fingerprint density at radius 1 is 1.41 bits per heavy atom. The first-order chi connectivity index (χ1) is 13.1. The minimum atomic E-state index is -0.293. The molecule has 3 aromatic rings. The molecule has 1 aliphatic heterocycles. The van der Waals surface area contributed by atoms with Crippen LogP contribution in [0.1, 0.15) is 43.8 Å². The Bertz CT molecular complexity index is 947. The van der Waals surface area contributed by atoms with Crippen LogP contribution in [0.2, 0.25) is 0 Å². The van der Waals surface area contributed by atoms with Crippen molar-refractivity contribution in [2.75, 3.05) is 13.1 Å². The van der Waals surface area contributed by atoms with E-state index in [0.29, 0.717) is 24.3 Å². The van der Waals surface area contributed by atoms with E-state index in [2.05, 4.69) is 26.4 Å². The number of rotatable bonds is 5. The van der Waals surface area contributed by atoms with Crippen molar-refractivity contribution in [3.63, 3.8) is 0 Å². The number of hydrogen-bond acceptors (Lipinski definition) is 3. The average molecular weight is 369 g/mol. The molecule has 7 heteroatoms. The van der Waals surface area contributed by atoms with Gasteiger partial charge in [-0.3, -0.25) is 4.79 Å². The molecule has 6 nitrogen and oxygen atoms in total. The number of likely N-dealkylation sites (tertiary alicyclic amines) is 1. The van der Waals surface area contributed by atoms with Crippen LogP contribution in [0.25, 0.3) is 11.0 Å². The lowest BCUT2D eigenvalue weighted by atomic mass is 9.96. The third-order valence-electron chi connectivity index (χ3n) is 5.30. The van der Waals surface area contributed by atoms with Crippen molar-refractivity contribution in [2.24, 2.45) is 0 Å². The quantitative estimate of drug-likeness (QED) is 0.751. The first-order valence-electron chi connectivity index (χ1n) is 9.57. The molecule has 1 aromatic carbocycles. The lowest BCUT2D eigenvalue weighted by Crippen LogP contribution is -2.39. The molecule has 1 N–H and O–H groups in total. The second kappa shape index (κ2) is 7.50. The molecule has 0 bridgehead atoms. The van der Waals surface area contributed by atoms with Gasteiger partial charge >= 0.3 is 0 Å². The standard InChI is InChI=1S/C20H24FN5O/c1-2-25-11-9-22-20(25)14-4-3-10-26(13-14)19(27)8-7-18-23-16-6-5-15(21)12-17(16)24-18/h5-6,9,11-12,14H,2-4,7-8,10,13H2,1H3,(H,23,24)/t14-/m0/s1. The van der Waals surface area contributed by atoms with Crippen LogP contribution in [-0.4, -0.2) is 43.4 Å². The Labute approximate surface area is 157 Å². The van der Waals surface area contributed by atoms with Crippen LogP contribution in [0.5, 0.6) is 0 Å². The number of aromatic nitrogens is 4. The van der Waals surface area contributed by atoms with E-state index < -0.39 is 0 Å². The Morgan fingerprint density at radius 3 is 3.15 bits per heavy atom. The smallest absolute Gasteiger partial charge is 0.223 e. The highest BCUT2D eigenvalue weighted by atomic mass is 19.1. The maximum Gasteiger partial charge on any atom is 0.223 e. The van der Waals surface area contributed by atoms with E-state index >= 15 is 0 Å². The SMILES string of the molecule is CCn1ccnc1[C@H]1CCCN(C(=O)CCc2nc3ccc(F)cc3[nH]2)C1. The number of piperidine rings is 1. The highest BCUT2D eigenvalue weighted by Crippen LogP contribution is 2.26. The molecule has 0 saturated carbocycles. The molecule has 142 valence electrons. The normalized spacial score (nSPS) is 17.6. The summed E-state index contributed by atoms with van der Waals surface area (Å²) < 4.78 is 15.5. The molecule has 1 aliphatic rings. The van der Waals surface area contributed by atoms with E-state index in [1.807, 2.05) is 17.3 Å². The van der Waals surface area contributed by atoms with E-state index in [1.54, 1.807) is 6.07 Å². The number of nitrogens with zero attached hydrogens (tertiary/aromatic N) is 4. The molecule has 4 rings (SSSR count). The second-order valence-electron chi connectivity index (χ2n) is 7.10. The lowest BCUT2D eigenvalue weighted by Gasteiger charge is -2.32. The minimum absolute atomic E-state index is 0.140. The predicted octanol–water partition coefficient (Wildman–Crippen LogP) is 3.26. The molecule has 2 aromatic heterocycles.